The number of carbonyl (C=O) groups is 1. The maximum Gasteiger partial charge on any atom is 0.586 e. The molecule has 0 aliphatic carbocycles. The van der Waals surface area contributed by atoms with E-state index >= 15 is 0 Å². The summed E-state index contributed by atoms with van der Waals surface area (Å²) in [6, 6.07) is 14.0. The lowest BCUT2D eigenvalue weighted by atomic mass is 9.80. The molecule has 14 nitrogen and oxygen atoms in total. The Bertz CT molecular complexity index is 2260. The van der Waals surface area contributed by atoms with E-state index in [1.54, 1.807) is 24.3 Å². The van der Waals surface area contributed by atoms with Gasteiger partial charge >= 0.3 is 25.7 Å². The third-order valence-corrected chi connectivity index (χ3v) is 8.58. The summed E-state index contributed by atoms with van der Waals surface area (Å²) < 4.78 is 82.5. The van der Waals surface area contributed by atoms with E-state index in [9.17, 15) is 22.4 Å². The smallest absolute Gasteiger partial charge is 0.480 e. The van der Waals surface area contributed by atoms with Crippen molar-refractivity contribution in [3.8, 4) is 46.3 Å². The molecule has 3 aliphatic rings. The lowest BCUT2D eigenvalue weighted by Gasteiger charge is -2.28. The number of rotatable bonds is 7. The van der Waals surface area contributed by atoms with Crippen molar-refractivity contribution in [2.24, 2.45) is 0 Å². The van der Waals surface area contributed by atoms with Gasteiger partial charge in [0.2, 0.25) is 5.88 Å². The molecule has 0 fully saturated rings. The van der Waals surface area contributed by atoms with Gasteiger partial charge in [0.25, 0.3) is 5.91 Å². The van der Waals surface area contributed by atoms with Gasteiger partial charge in [0.1, 0.15) is 11.9 Å². The number of alkyl halides is 4. The molecule has 2 aromatic heterocycles. The lowest BCUT2D eigenvalue weighted by molar-refractivity contribution is -0.287. The Morgan fingerprint density at radius 1 is 0.852 bits per heavy atom. The maximum atomic E-state index is 14.1. The third kappa shape index (κ3) is 6.65. The first-order valence-corrected chi connectivity index (χ1v) is 16.3. The van der Waals surface area contributed by atoms with Crippen LogP contribution in [0.1, 0.15) is 47.7 Å². The summed E-state index contributed by atoms with van der Waals surface area (Å²) >= 11 is 6.18. The second-order valence-electron chi connectivity index (χ2n) is 12.1. The average molecular weight is 772 g/mol. The molecule has 54 heavy (non-hydrogen) atoms. The number of aromatic nitrogens is 4. The predicted octanol–water partition coefficient (Wildman–Crippen LogP) is 5.35. The molecule has 0 radical (unpaired) electrons. The van der Waals surface area contributed by atoms with Crippen molar-refractivity contribution in [2.75, 3.05) is 19.1 Å². The molecular weight excluding hydrogens is 745 g/mol. The first-order valence-electron chi connectivity index (χ1n) is 15.9. The molecule has 1 amide bonds. The highest BCUT2D eigenvalue weighted by Crippen LogP contribution is 2.49. The van der Waals surface area contributed by atoms with E-state index in [-0.39, 0.29) is 52.1 Å². The zero-order chi connectivity index (χ0) is 38.7. The average Bonchev–Trinajstić information content (AvgIpc) is 3.84. The zero-order valence-corrected chi connectivity index (χ0v) is 29.2. The molecule has 280 valence electrons. The largest absolute Gasteiger partial charge is 0.586 e. The Kier molecular flexibility index (Phi) is 9.19. The number of ether oxygens (including phenoxy) is 6. The van der Waals surface area contributed by atoms with Crippen molar-refractivity contribution in [1.29, 1.82) is 0 Å². The summed E-state index contributed by atoms with van der Waals surface area (Å²) in [7, 11) is 1.19. The standard InChI is InChI=1S/C27H22ClF2N5O5.C7H5BF2O4/c1-13(2)34-22-20(32-23(34)17-12-31-26(38-4)33-24(17)37-3)25(36)35(21(22)14-5-7-15(28)8-6-14)16-9-10-18-19(11-16)40-27(29,30)39-18;9-7(10)13-5-2-1-4(8(11)12)3-6(5)14-7/h5-13,21H,1-4H3;1-3,11-12H. The van der Waals surface area contributed by atoms with Gasteiger partial charge in [-0.05, 0) is 61.3 Å². The van der Waals surface area contributed by atoms with E-state index in [1.165, 1.54) is 55.6 Å². The third-order valence-electron chi connectivity index (χ3n) is 8.32. The van der Waals surface area contributed by atoms with E-state index in [0.29, 0.717) is 27.8 Å². The fraction of sp³-hybridized carbons (Fsp3) is 0.235. The molecule has 0 bridgehead atoms. The number of anilines is 1. The molecule has 8 rings (SSSR count). The molecule has 1 atom stereocenters. The predicted molar refractivity (Wildman–Crippen MR) is 182 cm³/mol. The highest BCUT2D eigenvalue weighted by Gasteiger charge is 2.48. The van der Waals surface area contributed by atoms with E-state index in [0.717, 1.165) is 11.6 Å². The number of imidazole rings is 1. The summed E-state index contributed by atoms with van der Waals surface area (Å²) in [6.07, 6.45) is -5.95. The van der Waals surface area contributed by atoms with Crippen molar-refractivity contribution in [1.82, 2.24) is 19.5 Å². The Morgan fingerprint density at radius 2 is 1.46 bits per heavy atom. The first-order chi connectivity index (χ1) is 25.6. The number of carbonyl (C=O) groups excluding carboxylic acids is 1. The minimum Gasteiger partial charge on any atom is -0.480 e. The molecule has 0 spiro atoms. The summed E-state index contributed by atoms with van der Waals surface area (Å²) in [4.78, 5) is 28.8. The van der Waals surface area contributed by atoms with Crippen LogP contribution in [0.5, 0.6) is 34.9 Å². The van der Waals surface area contributed by atoms with E-state index in [1.807, 2.05) is 18.4 Å². The van der Waals surface area contributed by atoms with Gasteiger partial charge in [-0.15, -0.1) is 17.6 Å². The molecule has 5 aromatic rings. The number of benzene rings is 3. The van der Waals surface area contributed by atoms with Crippen LogP contribution in [0.15, 0.2) is 66.9 Å². The highest BCUT2D eigenvalue weighted by atomic mass is 35.5. The van der Waals surface area contributed by atoms with Crippen LogP contribution in [0.4, 0.5) is 23.2 Å². The number of amides is 1. The topological polar surface area (TPSA) is 160 Å². The fourth-order valence-corrected chi connectivity index (χ4v) is 6.25. The molecule has 2 N–H and O–H groups in total. The van der Waals surface area contributed by atoms with Crippen LogP contribution in [-0.2, 0) is 0 Å². The van der Waals surface area contributed by atoms with Crippen molar-refractivity contribution in [3.63, 3.8) is 0 Å². The quantitative estimate of drug-likeness (QED) is 0.162. The fourth-order valence-electron chi connectivity index (χ4n) is 6.12. The van der Waals surface area contributed by atoms with Gasteiger partial charge < -0.3 is 43.0 Å². The van der Waals surface area contributed by atoms with Crippen LogP contribution >= 0.6 is 11.6 Å². The van der Waals surface area contributed by atoms with Crippen LogP contribution in [0, 0.1) is 0 Å². The maximum absolute atomic E-state index is 14.1. The summed E-state index contributed by atoms with van der Waals surface area (Å²) in [5, 5.41) is 18.0. The number of halogens is 5. The lowest BCUT2D eigenvalue weighted by Crippen LogP contribution is -2.30. The summed E-state index contributed by atoms with van der Waals surface area (Å²) in [5.74, 6) is -0.421. The van der Waals surface area contributed by atoms with Gasteiger partial charge in [0.15, 0.2) is 28.7 Å². The molecule has 3 aliphatic heterocycles. The number of fused-ring (bicyclic) bond motifs is 3. The van der Waals surface area contributed by atoms with Crippen LogP contribution in [0.25, 0.3) is 11.4 Å². The van der Waals surface area contributed by atoms with Gasteiger partial charge in [0.05, 0.1) is 25.5 Å². The van der Waals surface area contributed by atoms with Gasteiger partial charge in [-0.3, -0.25) is 9.69 Å². The van der Waals surface area contributed by atoms with Crippen LogP contribution in [-0.4, -0.2) is 69.4 Å². The van der Waals surface area contributed by atoms with Gasteiger partial charge in [-0.2, -0.15) is 4.98 Å². The Balaban J connectivity index is 0.000000269. The monoisotopic (exact) mass is 771 g/mol. The summed E-state index contributed by atoms with van der Waals surface area (Å²) in [5.41, 5.74) is 2.36. The van der Waals surface area contributed by atoms with Gasteiger partial charge in [0, 0.05) is 29.0 Å². The van der Waals surface area contributed by atoms with Crippen molar-refractivity contribution in [2.45, 2.75) is 38.5 Å². The molecule has 0 saturated carbocycles. The van der Waals surface area contributed by atoms with Crippen LogP contribution in [0.3, 0.4) is 0 Å². The minimum absolute atomic E-state index is 0.0602. The molecule has 0 saturated heterocycles. The Hall–Kier alpha value is -5.79. The van der Waals surface area contributed by atoms with Gasteiger partial charge in [-0.25, -0.2) is 9.97 Å². The molecule has 5 heterocycles. The first kappa shape index (κ1) is 36.6. The highest BCUT2D eigenvalue weighted by molar-refractivity contribution is 6.58. The second-order valence-corrected chi connectivity index (χ2v) is 12.5. The van der Waals surface area contributed by atoms with Gasteiger partial charge in [-0.1, -0.05) is 29.8 Å². The van der Waals surface area contributed by atoms with E-state index in [4.69, 9.17) is 36.1 Å². The zero-order valence-electron chi connectivity index (χ0n) is 28.5. The summed E-state index contributed by atoms with van der Waals surface area (Å²) in [6.45, 7) is 3.91. The van der Waals surface area contributed by atoms with Crippen LogP contribution in [0.2, 0.25) is 5.02 Å². The molecule has 20 heteroatoms. The second kappa shape index (κ2) is 13.6. The number of hydrogen-bond donors (Lipinski definition) is 2. The number of hydrogen-bond acceptors (Lipinski definition) is 12. The van der Waals surface area contributed by atoms with Crippen molar-refractivity contribution >= 4 is 35.8 Å². The van der Waals surface area contributed by atoms with Crippen LogP contribution < -0.4 is 38.8 Å². The number of nitrogens with zero attached hydrogens (tertiary/aromatic N) is 5. The molecular formula is C34H27BClF4N5O9. The Morgan fingerprint density at radius 3 is 2.06 bits per heavy atom. The van der Waals surface area contributed by atoms with E-state index in [2.05, 4.69) is 28.9 Å². The molecule has 3 aromatic carbocycles. The van der Waals surface area contributed by atoms with E-state index < -0.39 is 31.7 Å². The minimum atomic E-state index is -3.79. The Labute approximate surface area is 308 Å². The normalized spacial score (nSPS) is 16.9. The van der Waals surface area contributed by atoms with Crippen molar-refractivity contribution in [3.05, 3.63) is 88.8 Å². The number of methoxy groups -OCH3 is 2. The molecule has 1 unspecified atom stereocenters. The van der Waals surface area contributed by atoms with Crippen molar-refractivity contribution < 1.29 is 60.8 Å². The SMILES string of the molecule is COc1ncc(-c2nc3c(n2C(C)C)C(c2ccc(Cl)cc2)N(c2ccc4c(c2)OC(F)(F)O4)C3=O)c(OC)n1.OB(O)c1ccc2c(c1)OC(F)(F)O2.